The van der Waals surface area contributed by atoms with E-state index in [1.807, 2.05) is 12.1 Å². The van der Waals surface area contributed by atoms with Crippen LogP contribution in [0.1, 0.15) is 35.2 Å². The van der Waals surface area contributed by atoms with E-state index in [2.05, 4.69) is 5.32 Å². The number of aryl methyl sites for hydroxylation is 1. The number of hydrogen-bond donors (Lipinski definition) is 2. The number of anilines is 1. The van der Waals surface area contributed by atoms with Crippen molar-refractivity contribution < 1.29 is 19.4 Å². The van der Waals surface area contributed by atoms with Crippen LogP contribution in [0.3, 0.4) is 0 Å². The molecule has 0 aliphatic heterocycles. The van der Waals surface area contributed by atoms with E-state index in [0.717, 1.165) is 17.9 Å². The summed E-state index contributed by atoms with van der Waals surface area (Å²) in [4.78, 5) is 23.0. The van der Waals surface area contributed by atoms with E-state index in [-0.39, 0.29) is 12.3 Å². The standard InChI is InChI=1S/C20H21NO4/c22-19(23)11-6-14-2-1-3-17(12-14)21-20(24)16-7-9-18(10-8-16)25-13-15-4-5-15/h1-3,7-10,12,15H,4-6,11,13H2,(H,21,24)(H,22,23). The number of rotatable bonds is 8. The molecule has 0 atom stereocenters. The van der Waals surface area contributed by atoms with Gasteiger partial charge in [-0.15, -0.1) is 0 Å². The Bertz CT molecular complexity index is 751. The molecule has 130 valence electrons. The van der Waals surface area contributed by atoms with Crippen LogP contribution in [0.25, 0.3) is 0 Å². The second-order valence-electron chi connectivity index (χ2n) is 6.33. The van der Waals surface area contributed by atoms with Crippen LogP contribution in [0.2, 0.25) is 0 Å². The highest BCUT2D eigenvalue weighted by molar-refractivity contribution is 6.04. The Morgan fingerprint density at radius 2 is 1.88 bits per heavy atom. The second-order valence-corrected chi connectivity index (χ2v) is 6.33. The molecule has 5 heteroatoms. The number of carboxylic acids is 1. The zero-order valence-corrected chi connectivity index (χ0v) is 13.9. The Hall–Kier alpha value is -2.82. The first-order valence-corrected chi connectivity index (χ1v) is 8.45. The van der Waals surface area contributed by atoms with Crippen molar-refractivity contribution in [2.75, 3.05) is 11.9 Å². The van der Waals surface area contributed by atoms with Gasteiger partial charge in [0.2, 0.25) is 0 Å². The van der Waals surface area contributed by atoms with Crippen molar-refractivity contribution in [3.8, 4) is 5.75 Å². The third kappa shape index (κ3) is 5.35. The lowest BCUT2D eigenvalue weighted by molar-refractivity contribution is -0.136. The smallest absolute Gasteiger partial charge is 0.303 e. The molecule has 2 aromatic rings. The van der Waals surface area contributed by atoms with Gasteiger partial charge in [-0.1, -0.05) is 12.1 Å². The van der Waals surface area contributed by atoms with Gasteiger partial charge in [0.1, 0.15) is 5.75 Å². The van der Waals surface area contributed by atoms with E-state index in [1.165, 1.54) is 12.8 Å². The van der Waals surface area contributed by atoms with Gasteiger partial charge in [0.15, 0.2) is 0 Å². The van der Waals surface area contributed by atoms with Gasteiger partial charge in [-0.3, -0.25) is 9.59 Å². The molecule has 1 saturated carbocycles. The van der Waals surface area contributed by atoms with E-state index in [4.69, 9.17) is 9.84 Å². The summed E-state index contributed by atoms with van der Waals surface area (Å²) >= 11 is 0. The van der Waals surface area contributed by atoms with Crippen LogP contribution >= 0.6 is 0 Å². The SMILES string of the molecule is O=C(O)CCc1cccc(NC(=O)c2ccc(OCC3CC3)cc2)c1. The number of nitrogens with one attached hydrogen (secondary N) is 1. The quantitative estimate of drug-likeness (QED) is 0.768. The third-order valence-electron chi connectivity index (χ3n) is 4.11. The zero-order chi connectivity index (χ0) is 17.6. The minimum Gasteiger partial charge on any atom is -0.493 e. The number of hydrogen-bond acceptors (Lipinski definition) is 3. The first-order valence-electron chi connectivity index (χ1n) is 8.45. The highest BCUT2D eigenvalue weighted by atomic mass is 16.5. The first-order chi connectivity index (χ1) is 12.1. The van der Waals surface area contributed by atoms with E-state index in [0.29, 0.717) is 23.6 Å². The molecule has 5 nitrogen and oxygen atoms in total. The number of carboxylic acid groups (broad SMARTS) is 1. The molecular weight excluding hydrogens is 318 g/mol. The van der Waals surface area contributed by atoms with Crippen molar-refractivity contribution in [2.24, 2.45) is 5.92 Å². The number of benzene rings is 2. The van der Waals surface area contributed by atoms with Gasteiger partial charge >= 0.3 is 5.97 Å². The van der Waals surface area contributed by atoms with Crippen molar-refractivity contribution in [1.82, 2.24) is 0 Å². The van der Waals surface area contributed by atoms with Gasteiger partial charge in [0, 0.05) is 17.7 Å². The molecule has 0 saturated heterocycles. The molecule has 2 N–H and O–H groups in total. The predicted molar refractivity (Wildman–Crippen MR) is 95.0 cm³/mol. The molecular formula is C20H21NO4. The number of carbonyl (C=O) groups is 2. The molecule has 3 rings (SSSR count). The first kappa shape index (κ1) is 17.0. The van der Waals surface area contributed by atoms with Crippen LogP contribution in [0.5, 0.6) is 5.75 Å². The molecule has 0 aromatic heterocycles. The summed E-state index contributed by atoms with van der Waals surface area (Å²) in [5.74, 6) is 0.429. The molecule has 0 unspecified atom stereocenters. The summed E-state index contributed by atoms with van der Waals surface area (Å²) in [6.45, 7) is 0.745. The lowest BCUT2D eigenvalue weighted by Gasteiger charge is -2.09. The van der Waals surface area contributed by atoms with Crippen LogP contribution < -0.4 is 10.1 Å². The van der Waals surface area contributed by atoms with E-state index >= 15 is 0 Å². The molecule has 0 radical (unpaired) electrons. The average molecular weight is 339 g/mol. The normalized spacial score (nSPS) is 13.3. The molecule has 1 aliphatic carbocycles. The zero-order valence-electron chi connectivity index (χ0n) is 13.9. The lowest BCUT2D eigenvalue weighted by Crippen LogP contribution is -2.12. The van der Waals surface area contributed by atoms with Crippen LogP contribution in [0, 0.1) is 5.92 Å². The highest BCUT2D eigenvalue weighted by Crippen LogP contribution is 2.29. The number of aliphatic carboxylic acids is 1. The van der Waals surface area contributed by atoms with Crippen LogP contribution in [-0.2, 0) is 11.2 Å². The minimum absolute atomic E-state index is 0.0692. The van der Waals surface area contributed by atoms with Gasteiger partial charge < -0.3 is 15.2 Å². The topological polar surface area (TPSA) is 75.6 Å². The molecule has 1 amide bonds. The van der Waals surface area contributed by atoms with Gasteiger partial charge in [-0.05, 0) is 67.1 Å². The second kappa shape index (κ2) is 7.83. The summed E-state index contributed by atoms with van der Waals surface area (Å²) in [5.41, 5.74) is 2.08. The Balaban J connectivity index is 1.57. The number of carbonyl (C=O) groups excluding carboxylic acids is 1. The number of amides is 1. The van der Waals surface area contributed by atoms with Crippen molar-refractivity contribution in [1.29, 1.82) is 0 Å². The maximum Gasteiger partial charge on any atom is 0.303 e. The highest BCUT2D eigenvalue weighted by Gasteiger charge is 2.21. The van der Waals surface area contributed by atoms with Crippen molar-refractivity contribution in [3.63, 3.8) is 0 Å². The van der Waals surface area contributed by atoms with Crippen LogP contribution in [0.4, 0.5) is 5.69 Å². The monoisotopic (exact) mass is 339 g/mol. The molecule has 1 aliphatic rings. The summed E-state index contributed by atoms with van der Waals surface area (Å²) < 4.78 is 5.67. The minimum atomic E-state index is -0.835. The summed E-state index contributed by atoms with van der Waals surface area (Å²) in [6.07, 6.45) is 2.99. The Morgan fingerprint density at radius 1 is 1.12 bits per heavy atom. The Kier molecular flexibility index (Phi) is 5.33. The largest absolute Gasteiger partial charge is 0.493 e. The van der Waals surface area contributed by atoms with Gasteiger partial charge in [-0.2, -0.15) is 0 Å². The van der Waals surface area contributed by atoms with Crippen molar-refractivity contribution in [2.45, 2.75) is 25.7 Å². The third-order valence-corrected chi connectivity index (χ3v) is 4.11. The van der Waals surface area contributed by atoms with Gasteiger partial charge in [-0.25, -0.2) is 0 Å². The van der Waals surface area contributed by atoms with Crippen molar-refractivity contribution >= 4 is 17.6 Å². The number of ether oxygens (including phenoxy) is 1. The molecule has 0 spiro atoms. The van der Waals surface area contributed by atoms with Crippen LogP contribution in [0.15, 0.2) is 48.5 Å². The van der Waals surface area contributed by atoms with Gasteiger partial charge in [0.05, 0.1) is 6.61 Å². The lowest BCUT2D eigenvalue weighted by atomic mass is 10.1. The molecule has 25 heavy (non-hydrogen) atoms. The summed E-state index contributed by atoms with van der Waals surface area (Å²) in [5, 5.41) is 11.6. The van der Waals surface area contributed by atoms with Crippen LogP contribution in [-0.4, -0.2) is 23.6 Å². The predicted octanol–water partition coefficient (Wildman–Crippen LogP) is 3.74. The van der Waals surface area contributed by atoms with E-state index in [9.17, 15) is 9.59 Å². The molecule has 1 fully saturated rings. The fourth-order valence-electron chi connectivity index (χ4n) is 2.46. The van der Waals surface area contributed by atoms with Crippen molar-refractivity contribution in [3.05, 3.63) is 59.7 Å². The molecule has 0 bridgehead atoms. The summed E-state index contributed by atoms with van der Waals surface area (Å²) in [7, 11) is 0. The fraction of sp³-hybridized carbons (Fsp3) is 0.300. The molecule has 2 aromatic carbocycles. The Morgan fingerprint density at radius 3 is 2.56 bits per heavy atom. The summed E-state index contributed by atoms with van der Waals surface area (Å²) in [6, 6.07) is 14.3. The van der Waals surface area contributed by atoms with E-state index in [1.54, 1.807) is 36.4 Å². The molecule has 0 heterocycles. The van der Waals surface area contributed by atoms with E-state index < -0.39 is 5.97 Å². The maximum atomic E-state index is 12.3. The van der Waals surface area contributed by atoms with Gasteiger partial charge in [0.25, 0.3) is 5.91 Å². The maximum absolute atomic E-state index is 12.3. The Labute approximate surface area is 146 Å². The average Bonchev–Trinajstić information content (AvgIpc) is 3.43. The fourth-order valence-corrected chi connectivity index (χ4v) is 2.46.